The monoisotopic (exact) mass is 328 g/mol. The third-order valence-corrected chi connectivity index (χ3v) is 4.88. The highest BCUT2D eigenvalue weighted by molar-refractivity contribution is 6.07. The number of benzene rings is 2. The van der Waals surface area contributed by atoms with E-state index >= 15 is 0 Å². The predicted octanol–water partition coefficient (Wildman–Crippen LogP) is 3.77. The first kappa shape index (κ1) is 15.9. The number of halogens is 1. The van der Waals surface area contributed by atoms with E-state index in [9.17, 15) is 4.79 Å². The Labute approximate surface area is 142 Å². The smallest absolute Gasteiger partial charge is 0.258 e. The van der Waals surface area contributed by atoms with Crippen molar-refractivity contribution in [3.63, 3.8) is 0 Å². The first-order valence-corrected chi connectivity index (χ1v) is 8.05. The van der Waals surface area contributed by atoms with Gasteiger partial charge in [-0.2, -0.15) is 0 Å². The van der Waals surface area contributed by atoms with Crippen molar-refractivity contribution in [2.45, 2.75) is 32.1 Å². The Bertz CT molecular complexity index is 757. The Morgan fingerprint density at radius 1 is 1.00 bits per heavy atom. The lowest BCUT2D eigenvalue weighted by atomic mass is 9.98. The number of hydrogen-bond donors (Lipinski definition) is 1. The van der Waals surface area contributed by atoms with Crippen molar-refractivity contribution >= 4 is 29.7 Å². The van der Waals surface area contributed by atoms with E-state index in [2.05, 4.69) is 12.1 Å². The van der Waals surface area contributed by atoms with Crippen molar-refractivity contribution in [3.8, 4) is 0 Å². The average Bonchev–Trinajstić information content (AvgIpc) is 3.01. The van der Waals surface area contributed by atoms with Crippen LogP contribution in [0.2, 0.25) is 0 Å². The molecule has 0 saturated heterocycles. The van der Waals surface area contributed by atoms with Crippen LogP contribution >= 0.6 is 12.4 Å². The van der Waals surface area contributed by atoms with Crippen molar-refractivity contribution in [1.82, 2.24) is 0 Å². The summed E-state index contributed by atoms with van der Waals surface area (Å²) < 4.78 is 0. The number of nitrogens with two attached hydrogens (primary N) is 1. The van der Waals surface area contributed by atoms with Crippen LogP contribution in [0.3, 0.4) is 0 Å². The Morgan fingerprint density at radius 2 is 1.83 bits per heavy atom. The summed E-state index contributed by atoms with van der Waals surface area (Å²) in [6, 6.07) is 12.1. The maximum absolute atomic E-state index is 13.0. The molecular weight excluding hydrogens is 308 g/mol. The van der Waals surface area contributed by atoms with Gasteiger partial charge in [0.25, 0.3) is 5.91 Å². The Hall–Kier alpha value is -2.00. The minimum Gasteiger partial charge on any atom is -0.398 e. The molecule has 0 radical (unpaired) electrons. The summed E-state index contributed by atoms with van der Waals surface area (Å²) in [6.45, 7) is 0.770. The highest BCUT2D eigenvalue weighted by atomic mass is 35.5. The van der Waals surface area contributed by atoms with Crippen LogP contribution in [0, 0.1) is 0 Å². The van der Waals surface area contributed by atoms with Gasteiger partial charge in [-0.15, -0.1) is 12.4 Å². The molecule has 1 heterocycles. The normalized spacial score (nSPS) is 15.6. The van der Waals surface area contributed by atoms with E-state index in [0.717, 1.165) is 54.7 Å². The van der Waals surface area contributed by atoms with E-state index in [0.29, 0.717) is 0 Å². The maximum atomic E-state index is 13.0. The summed E-state index contributed by atoms with van der Waals surface area (Å²) in [4.78, 5) is 14.9. The number of fused-ring (bicyclic) bond motifs is 2. The first-order chi connectivity index (χ1) is 10.7. The van der Waals surface area contributed by atoms with Crippen molar-refractivity contribution in [3.05, 3.63) is 58.7 Å². The molecule has 2 N–H and O–H groups in total. The molecule has 1 aliphatic carbocycles. The van der Waals surface area contributed by atoms with E-state index in [-0.39, 0.29) is 18.3 Å². The molecule has 0 bridgehead atoms. The standard InChI is InChI=1S/C19H20N2O.ClH/c20-17-7-2-8-18-16(17)6-3-11-21(18)19(22)15-10-9-13-4-1-5-14(13)12-15;/h2,7-10,12H,1,3-6,11,20H2;1H. The molecule has 0 unspecified atom stereocenters. The third-order valence-electron chi connectivity index (χ3n) is 4.88. The first-order valence-electron chi connectivity index (χ1n) is 8.05. The van der Waals surface area contributed by atoms with Crippen LogP contribution in [-0.2, 0) is 19.3 Å². The second-order valence-electron chi connectivity index (χ2n) is 6.24. The minimum absolute atomic E-state index is 0. The Kier molecular flexibility index (Phi) is 4.31. The van der Waals surface area contributed by atoms with Gasteiger partial charge in [0.05, 0.1) is 0 Å². The van der Waals surface area contributed by atoms with Gasteiger partial charge in [0.15, 0.2) is 0 Å². The van der Waals surface area contributed by atoms with E-state index < -0.39 is 0 Å². The molecule has 0 spiro atoms. The van der Waals surface area contributed by atoms with Crippen LogP contribution in [0.1, 0.15) is 39.9 Å². The summed E-state index contributed by atoms with van der Waals surface area (Å²) in [5.41, 5.74) is 12.5. The van der Waals surface area contributed by atoms with Crippen LogP contribution in [0.25, 0.3) is 0 Å². The maximum Gasteiger partial charge on any atom is 0.258 e. The van der Waals surface area contributed by atoms with Crippen LogP contribution < -0.4 is 10.6 Å². The third kappa shape index (κ3) is 2.70. The summed E-state index contributed by atoms with van der Waals surface area (Å²) in [5.74, 6) is 0.0984. The molecule has 1 amide bonds. The fraction of sp³-hybridized carbons (Fsp3) is 0.316. The lowest BCUT2D eigenvalue weighted by Crippen LogP contribution is -2.35. The van der Waals surface area contributed by atoms with Crippen LogP contribution in [0.15, 0.2) is 36.4 Å². The van der Waals surface area contributed by atoms with Gasteiger partial charge in [-0.25, -0.2) is 0 Å². The zero-order valence-corrected chi connectivity index (χ0v) is 13.9. The summed E-state index contributed by atoms with van der Waals surface area (Å²) in [7, 11) is 0. The van der Waals surface area contributed by atoms with Crippen LogP contribution in [-0.4, -0.2) is 12.5 Å². The molecule has 4 rings (SSSR count). The number of carbonyl (C=O) groups excluding carboxylic acids is 1. The van der Waals surface area contributed by atoms with E-state index in [4.69, 9.17) is 5.73 Å². The van der Waals surface area contributed by atoms with Gasteiger partial charge in [0.1, 0.15) is 0 Å². The molecule has 0 atom stereocenters. The molecule has 0 aromatic heterocycles. The van der Waals surface area contributed by atoms with Gasteiger partial charge in [0.2, 0.25) is 0 Å². The number of nitrogen functional groups attached to an aromatic ring is 1. The van der Waals surface area contributed by atoms with Gasteiger partial charge >= 0.3 is 0 Å². The molecule has 3 nitrogen and oxygen atoms in total. The van der Waals surface area contributed by atoms with Crippen LogP contribution in [0.4, 0.5) is 11.4 Å². The van der Waals surface area contributed by atoms with Gasteiger partial charge < -0.3 is 10.6 Å². The Morgan fingerprint density at radius 3 is 2.70 bits per heavy atom. The number of carbonyl (C=O) groups is 1. The van der Waals surface area contributed by atoms with Crippen LogP contribution in [0.5, 0.6) is 0 Å². The fourth-order valence-electron chi connectivity index (χ4n) is 3.72. The number of amides is 1. The molecule has 1 aliphatic heterocycles. The zero-order valence-electron chi connectivity index (χ0n) is 13.0. The number of anilines is 2. The molecule has 0 saturated carbocycles. The van der Waals surface area contributed by atoms with Gasteiger partial charge in [-0.1, -0.05) is 12.1 Å². The molecule has 120 valence electrons. The predicted molar refractivity (Wildman–Crippen MR) is 96.6 cm³/mol. The summed E-state index contributed by atoms with van der Waals surface area (Å²) in [5, 5.41) is 0. The lowest BCUT2D eigenvalue weighted by molar-refractivity contribution is 0.0985. The molecule has 23 heavy (non-hydrogen) atoms. The van der Waals surface area contributed by atoms with Crippen molar-refractivity contribution < 1.29 is 4.79 Å². The second-order valence-corrected chi connectivity index (χ2v) is 6.24. The summed E-state index contributed by atoms with van der Waals surface area (Å²) >= 11 is 0. The number of nitrogens with zero attached hydrogens (tertiary/aromatic N) is 1. The molecule has 2 aromatic rings. The quantitative estimate of drug-likeness (QED) is 0.810. The van der Waals surface area contributed by atoms with Gasteiger partial charge in [-0.3, -0.25) is 4.79 Å². The number of hydrogen-bond acceptors (Lipinski definition) is 2. The minimum atomic E-state index is 0. The number of rotatable bonds is 1. The average molecular weight is 329 g/mol. The molecule has 2 aliphatic rings. The Balaban J connectivity index is 0.00000156. The summed E-state index contributed by atoms with van der Waals surface area (Å²) in [6.07, 6.45) is 5.37. The van der Waals surface area contributed by atoms with Crippen molar-refractivity contribution in [2.75, 3.05) is 17.2 Å². The largest absolute Gasteiger partial charge is 0.398 e. The van der Waals surface area contributed by atoms with E-state index in [1.807, 2.05) is 29.2 Å². The SMILES string of the molecule is Cl.Nc1cccc2c1CCCN2C(=O)c1ccc2c(c1)CCC2. The fourth-order valence-corrected chi connectivity index (χ4v) is 3.72. The molecular formula is C19H21ClN2O. The van der Waals surface area contributed by atoms with E-state index in [1.54, 1.807) is 0 Å². The van der Waals surface area contributed by atoms with E-state index in [1.165, 1.54) is 17.5 Å². The topological polar surface area (TPSA) is 46.3 Å². The van der Waals surface area contributed by atoms with Gasteiger partial charge in [-0.05, 0) is 73.1 Å². The zero-order chi connectivity index (χ0) is 15.1. The molecule has 2 aromatic carbocycles. The van der Waals surface area contributed by atoms with Crippen molar-refractivity contribution in [2.24, 2.45) is 0 Å². The second kappa shape index (κ2) is 6.25. The molecule has 4 heteroatoms. The highest BCUT2D eigenvalue weighted by Crippen LogP contribution is 2.32. The molecule has 0 fully saturated rings. The highest BCUT2D eigenvalue weighted by Gasteiger charge is 2.25. The van der Waals surface area contributed by atoms with Crippen molar-refractivity contribution in [1.29, 1.82) is 0 Å². The van der Waals surface area contributed by atoms with Gasteiger partial charge in [0, 0.05) is 23.5 Å². The lowest BCUT2D eigenvalue weighted by Gasteiger charge is -2.30. The number of aryl methyl sites for hydroxylation is 2.